The van der Waals surface area contributed by atoms with E-state index in [1.807, 2.05) is 47.4 Å². The number of likely N-dealkylation sites (tertiary alicyclic amines) is 1. The minimum absolute atomic E-state index is 0.0243. The molecule has 0 saturated carbocycles. The predicted octanol–water partition coefficient (Wildman–Crippen LogP) is 3.87. The lowest BCUT2D eigenvalue weighted by atomic mass is 9.95. The lowest BCUT2D eigenvalue weighted by Crippen LogP contribution is -2.46. The number of piperidine rings is 1. The molecule has 5 rings (SSSR count). The van der Waals surface area contributed by atoms with Crippen molar-refractivity contribution < 1.29 is 9.59 Å². The fourth-order valence-electron chi connectivity index (χ4n) is 5.18. The second-order valence-corrected chi connectivity index (χ2v) is 9.20. The van der Waals surface area contributed by atoms with E-state index < -0.39 is 0 Å². The highest BCUT2D eigenvalue weighted by Crippen LogP contribution is 2.24. The van der Waals surface area contributed by atoms with Crippen molar-refractivity contribution in [2.24, 2.45) is 5.92 Å². The molecule has 0 aromatic heterocycles. The largest absolute Gasteiger partial charge is 0.355 e. The quantitative estimate of drug-likeness (QED) is 0.654. The van der Waals surface area contributed by atoms with Gasteiger partial charge in [-0.1, -0.05) is 60.7 Å². The standard InChI is InChI=1S/C28H31N3O2/c32-27(29-15-18-30-17-14-21-7-1-2-9-23(21)19-30)24-11-6-16-31(20-24)28(33)26-13-5-10-22-8-3-4-12-25(22)26/h1-5,7-10,12-13,24H,6,11,14-20H2,(H,29,32). The van der Waals surface area contributed by atoms with Crippen LogP contribution < -0.4 is 5.32 Å². The molecule has 5 nitrogen and oxygen atoms in total. The van der Waals surface area contributed by atoms with Crippen molar-refractivity contribution in [2.45, 2.75) is 25.8 Å². The monoisotopic (exact) mass is 441 g/mol. The Morgan fingerprint density at radius 1 is 0.909 bits per heavy atom. The highest BCUT2D eigenvalue weighted by molar-refractivity contribution is 6.07. The summed E-state index contributed by atoms with van der Waals surface area (Å²) in [7, 11) is 0. The molecule has 1 atom stereocenters. The summed E-state index contributed by atoms with van der Waals surface area (Å²) in [5, 5.41) is 5.17. The maximum Gasteiger partial charge on any atom is 0.254 e. The first kappa shape index (κ1) is 21.7. The van der Waals surface area contributed by atoms with Crippen LogP contribution in [-0.2, 0) is 17.8 Å². The second-order valence-electron chi connectivity index (χ2n) is 9.20. The zero-order valence-corrected chi connectivity index (χ0v) is 19.0. The third kappa shape index (κ3) is 4.79. The topological polar surface area (TPSA) is 52.7 Å². The summed E-state index contributed by atoms with van der Waals surface area (Å²) in [5.74, 6) is -0.0427. The van der Waals surface area contributed by atoms with Crippen molar-refractivity contribution >= 4 is 22.6 Å². The van der Waals surface area contributed by atoms with Crippen LogP contribution in [0.3, 0.4) is 0 Å². The van der Waals surface area contributed by atoms with Gasteiger partial charge >= 0.3 is 0 Å². The molecular weight excluding hydrogens is 410 g/mol. The van der Waals surface area contributed by atoms with Gasteiger partial charge < -0.3 is 10.2 Å². The summed E-state index contributed by atoms with van der Waals surface area (Å²) >= 11 is 0. The van der Waals surface area contributed by atoms with Gasteiger partial charge in [0.1, 0.15) is 0 Å². The van der Waals surface area contributed by atoms with Crippen molar-refractivity contribution in [3.8, 4) is 0 Å². The Hall–Kier alpha value is -3.18. The molecule has 5 heteroatoms. The second kappa shape index (κ2) is 9.75. The highest BCUT2D eigenvalue weighted by Gasteiger charge is 2.29. The first-order valence-corrected chi connectivity index (χ1v) is 12.0. The van der Waals surface area contributed by atoms with Gasteiger partial charge in [-0.3, -0.25) is 14.5 Å². The van der Waals surface area contributed by atoms with E-state index >= 15 is 0 Å². The van der Waals surface area contributed by atoms with Crippen LogP contribution in [0.1, 0.15) is 34.3 Å². The van der Waals surface area contributed by atoms with E-state index in [0.717, 1.165) is 55.2 Å². The summed E-state index contributed by atoms with van der Waals surface area (Å²) in [5.41, 5.74) is 3.56. The van der Waals surface area contributed by atoms with Crippen LogP contribution in [0.4, 0.5) is 0 Å². The summed E-state index contributed by atoms with van der Waals surface area (Å²) in [4.78, 5) is 30.4. The molecule has 33 heavy (non-hydrogen) atoms. The van der Waals surface area contributed by atoms with E-state index in [4.69, 9.17) is 0 Å². The third-order valence-corrected chi connectivity index (χ3v) is 7.04. The van der Waals surface area contributed by atoms with Gasteiger partial charge in [-0.15, -0.1) is 0 Å². The Labute approximate surface area is 195 Å². The number of hydrogen-bond donors (Lipinski definition) is 1. The van der Waals surface area contributed by atoms with Gasteiger partial charge in [0.05, 0.1) is 5.92 Å². The zero-order chi connectivity index (χ0) is 22.6. The third-order valence-electron chi connectivity index (χ3n) is 7.04. The fourth-order valence-corrected chi connectivity index (χ4v) is 5.18. The SMILES string of the molecule is O=C(NCCN1CCc2ccccc2C1)C1CCCN(C(=O)c2cccc3ccccc23)C1. The van der Waals surface area contributed by atoms with E-state index in [2.05, 4.69) is 34.5 Å². The molecule has 0 radical (unpaired) electrons. The van der Waals surface area contributed by atoms with Crippen LogP contribution in [0.2, 0.25) is 0 Å². The van der Waals surface area contributed by atoms with Crippen LogP contribution >= 0.6 is 0 Å². The number of rotatable bonds is 5. The smallest absolute Gasteiger partial charge is 0.254 e. The average Bonchev–Trinajstić information content (AvgIpc) is 2.88. The Morgan fingerprint density at radius 2 is 1.70 bits per heavy atom. The zero-order valence-electron chi connectivity index (χ0n) is 19.0. The normalized spacial score (nSPS) is 18.7. The van der Waals surface area contributed by atoms with Crippen molar-refractivity contribution in [2.75, 3.05) is 32.7 Å². The fraction of sp³-hybridized carbons (Fsp3) is 0.357. The van der Waals surface area contributed by atoms with Gasteiger partial charge in [0.15, 0.2) is 0 Å². The molecule has 1 saturated heterocycles. The van der Waals surface area contributed by atoms with Crippen LogP contribution in [-0.4, -0.2) is 54.3 Å². The molecule has 1 fully saturated rings. The highest BCUT2D eigenvalue weighted by atomic mass is 16.2. The first-order chi connectivity index (χ1) is 16.2. The number of nitrogens with zero attached hydrogens (tertiary/aromatic N) is 2. The van der Waals surface area contributed by atoms with E-state index in [9.17, 15) is 9.59 Å². The minimum Gasteiger partial charge on any atom is -0.355 e. The Kier molecular flexibility index (Phi) is 6.40. The first-order valence-electron chi connectivity index (χ1n) is 12.0. The van der Waals surface area contributed by atoms with Gasteiger partial charge in [-0.05, 0) is 47.2 Å². The van der Waals surface area contributed by atoms with Crippen molar-refractivity contribution in [1.82, 2.24) is 15.1 Å². The van der Waals surface area contributed by atoms with E-state index in [-0.39, 0.29) is 17.7 Å². The number of hydrogen-bond acceptors (Lipinski definition) is 3. The van der Waals surface area contributed by atoms with Crippen LogP contribution in [0.15, 0.2) is 66.7 Å². The summed E-state index contributed by atoms with van der Waals surface area (Å²) in [6.45, 7) is 4.68. The Morgan fingerprint density at radius 3 is 2.61 bits per heavy atom. The van der Waals surface area contributed by atoms with E-state index in [0.29, 0.717) is 19.6 Å². The average molecular weight is 442 g/mol. The molecule has 0 aliphatic carbocycles. The Balaban J connectivity index is 1.15. The maximum atomic E-state index is 13.3. The lowest BCUT2D eigenvalue weighted by molar-refractivity contribution is -0.126. The predicted molar refractivity (Wildman–Crippen MR) is 131 cm³/mol. The molecule has 1 unspecified atom stereocenters. The van der Waals surface area contributed by atoms with Gasteiger partial charge in [-0.2, -0.15) is 0 Å². The number of nitrogens with one attached hydrogen (secondary N) is 1. The summed E-state index contributed by atoms with van der Waals surface area (Å²) < 4.78 is 0. The molecule has 2 aliphatic heterocycles. The molecule has 0 bridgehead atoms. The van der Waals surface area contributed by atoms with E-state index in [1.165, 1.54) is 11.1 Å². The summed E-state index contributed by atoms with van der Waals surface area (Å²) in [6.07, 6.45) is 2.76. The molecule has 3 aromatic rings. The van der Waals surface area contributed by atoms with Crippen LogP contribution in [0.25, 0.3) is 10.8 Å². The Bertz CT molecular complexity index is 1150. The number of carbonyl (C=O) groups excluding carboxylic acids is 2. The number of fused-ring (bicyclic) bond motifs is 2. The molecular formula is C28H31N3O2. The molecule has 1 N–H and O–H groups in total. The van der Waals surface area contributed by atoms with Gasteiger partial charge in [0, 0.05) is 44.8 Å². The molecule has 0 spiro atoms. The van der Waals surface area contributed by atoms with Crippen LogP contribution in [0.5, 0.6) is 0 Å². The lowest BCUT2D eigenvalue weighted by Gasteiger charge is -2.33. The number of benzene rings is 3. The van der Waals surface area contributed by atoms with Crippen molar-refractivity contribution in [3.05, 3.63) is 83.4 Å². The number of carbonyl (C=O) groups is 2. The molecule has 2 amide bonds. The summed E-state index contributed by atoms with van der Waals surface area (Å²) in [6, 6.07) is 22.4. The van der Waals surface area contributed by atoms with Crippen molar-refractivity contribution in [3.63, 3.8) is 0 Å². The van der Waals surface area contributed by atoms with Gasteiger partial charge in [-0.25, -0.2) is 0 Å². The van der Waals surface area contributed by atoms with Crippen molar-refractivity contribution in [1.29, 1.82) is 0 Å². The van der Waals surface area contributed by atoms with Gasteiger partial charge in [0.2, 0.25) is 5.91 Å². The van der Waals surface area contributed by atoms with E-state index in [1.54, 1.807) is 0 Å². The maximum absolute atomic E-state index is 13.3. The van der Waals surface area contributed by atoms with Crippen LogP contribution in [0, 0.1) is 5.92 Å². The number of amides is 2. The minimum atomic E-state index is -0.139. The molecule has 2 aliphatic rings. The molecule has 170 valence electrons. The molecule has 3 aromatic carbocycles. The molecule has 2 heterocycles. The van der Waals surface area contributed by atoms with Gasteiger partial charge in [0.25, 0.3) is 5.91 Å².